The first-order valence-corrected chi connectivity index (χ1v) is 6.46. The fraction of sp³-hybridized carbons (Fsp3) is 0.500. The van der Waals surface area contributed by atoms with Crippen molar-refractivity contribution in [1.82, 2.24) is 15.3 Å². The number of hydrogen-bond acceptors (Lipinski definition) is 6. The maximum atomic E-state index is 11.3. The van der Waals surface area contributed by atoms with Crippen LogP contribution in [-0.2, 0) is 4.74 Å². The highest BCUT2D eigenvalue weighted by Gasteiger charge is 2.19. The lowest BCUT2D eigenvalue weighted by Gasteiger charge is -2.33. The fourth-order valence-corrected chi connectivity index (χ4v) is 2.00. The molecule has 0 unspecified atom stereocenters. The van der Waals surface area contributed by atoms with Crippen molar-refractivity contribution >= 4 is 11.8 Å². The topological polar surface area (TPSA) is 67.4 Å². The summed E-state index contributed by atoms with van der Waals surface area (Å²) in [6, 6.07) is 0.487. The van der Waals surface area contributed by atoms with Crippen molar-refractivity contribution in [2.75, 3.05) is 31.6 Å². The largest absolute Gasteiger partial charge is 0.464 e. The number of ether oxygens (including phenoxy) is 1. The number of aromatic nitrogens is 2. The van der Waals surface area contributed by atoms with E-state index in [0.717, 1.165) is 31.9 Å². The van der Waals surface area contributed by atoms with Gasteiger partial charge < -0.3 is 15.0 Å². The van der Waals surface area contributed by atoms with Crippen molar-refractivity contribution in [3.05, 3.63) is 18.1 Å². The first kappa shape index (κ1) is 15.9. The Morgan fingerprint density at radius 3 is 2.80 bits per heavy atom. The molecule has 1 aromatic heterocycles. The number of terminal acetylenes is 1. The van der Waals surface area contributed by atoms with Gasteiger partial charge in [-0.1, -0.05) is 6.92 Å². The van der Waals surface area contributed by atoms with Crippen LogP contribution in [0.4, 0.5) is 5.82 Å². The molecular formula is C14H20N4O2. The molecular weight excluding hydrogens is 256 g/mol. The molecule has 0 saturated carbocycles. The van der Waals surface area contributed by atoms with Gasteiger partial charge in [0.15, 0.2) is 5.69 Å². The van der Waals surface area contributed by atoms with Crippen LogP contribution in [0.2, 0.25) is 0 Å². The number of piperazine rings is 1. The Labute approximate surface area is 119 Å². The second kappa shape index (κ2) is 8.12. The Hall–Kier alpha value is -2.13. The third-order valence-corrected chi connectivity index (χ3v) is 3.11. The van der Waals surface area contributed by atoms with E-state index in [4.69, 9.17) is 0 Å². The zero-order valence-corrected chi connectivity index (χ0v) is 11.9. The molecule has 0 amide bonds. The van der Waals surface area contributed by atoms with E-state index >= 15 is 0 Å². The second-order valence-corrected chi connectivity index (χ2v) is 4.26. The highest BCUT2D eigenvalue weighted by molar-refractivity contribution is 5.86. The number of methoxy groups -OCH3 is 1. The van der Waals surface area contributed by atoms with Crippen LogP contribution >= 0.6 is 0 Å². The van der Waals surface area contributed by atoms with E-state index in [1.807, 2.05) is 0 Å². The number of carbonyl (C=O) groups is 1. The molecule has 0 aromatic carbocycles. The maximum absolute atomic E-state index is 11.3. The summed E-state index contributed by atoms with van der Waals surface area (Å²) in [5, 5.41) is 3.44. The summed E-state index contributed by atoms with van der Waals surface area (Å²) < 4.78 is 4.59. The highest BCUT2D eigenvalue weighted by Crippen LogP contribution is 2.13. The molecule has 1 N–H and O–H groups in total. The lowest BCUT2D eigenvalue weighted by Crippen LogP contribution is -2.50. The van der Waals surface area contributed by atoms with Gasteiger partial charge in [-0.3, -0.25) is 0 Å². The lowest BCUT2D eigenvalue weighted by molar-refractivity contribution is 0.0593. The molecule has 2 rings (SSSR count). The van der Waals surface area contributed by atoms with Crippen molar-refractivity contribution in [3.8, 4) is 12.8 Å². The molecule has 1 saturated heterocycles. The number of anilines is 1. The summed E-state index contributed by atoms with van der Waals surface area (Å²) >= 11 is 0. The van der Waals surface area contributed by atoms with Crippen molar-refractivity contribution in [3.63, 3.8) is 0 Å². The van der Waals surface area contributed by atoms with Crippen LogP contribution in [0.3, 0.4) is 0 Å². The van der Waals surface area contributed by atoms with Crippen LogP contribution in [0.5, 0.6) is 0 Å². The molecule has 1 aromatic rings. The Balaban J connectivity index is 0.000000956. The van der Waals surface area contributed by atoms with Crippen molar-refractivity contribution in [2.24, 2.45) is 0 Å². The van der Waals surface area contributed by atoms with E-state index in [-0.39, 0.29) is 5.69 Å². The molecule has 20 heavy (non-hydrogen) atoms. The summed E-state index contributed by atoms with van der Waals surface area (Å²) in [6.45, 7) is 4.93. The molecule has 0 radical (unpaired) electrons. The maximum Gasteiger partial charge on any atom is 0.358 e. The van der Waals surface area contributed by atoms with Crippen LogP contribution in [0.25, 0.3) is 0 Å². The van der Waals surface area contributed by atoms with Gasteiger partial charge in [-0.05, 0) is 6.42 Å². The minimum absolute atomic E-state index is 0.239. The number of hydrogen-bond donors (Lipinski definition) is 1. The summed E-state index contributed by atoms with van der Waals surface area (Å²) in [6.07, 6.45) is 12.2. The third kappa shape index (κ3) is 3.93. The van der Waals surface area contributed by atoms with Crippen LogP contribution in [0.1, 0.15) is 23.8 Å². The molecule has 1 aliphatic rings. The highest BCUT2D eigenvalue weighted by atomic mass is 16.5. The van der Waals surface area contributed by atoms with E-state index in [1.54, 1.807) is 6.20 Å². The van der Waals surface area contributed by atoms with E-state index < -0.39 is 5.97 Å². The Morgan fingerprint density at radius 2 is 2.25 bits per heavy atom. The van der Waals surface area contributed by atoms with Gasteiger partial charge in [-0.15, -0.1) is 12.8 Å². The van der Waals surface area contributed by atoms with Crippen LogP contribution in [-0.4, -0.2) is 48.7 Å². The Morgan fingerprint density at radius 1 is 1.50 bits per heavy atom. The van der Waals surface area contributed by atoms with Crippen molar-refractivity contribution in [2.45, 2.75) is 19.4 Å². The van der Waals surface area contributed by atoms with Gasteiger partial charge in [0.25, 0.3) is 0 Å². The van der Waals surface area contributed by atoms with Crippen LogP contribution < -0.4 is 10.2 Å². The number of carbonyl (C=O) groups excluding carboxylic acids is 1. The number of nitrogens with zero attached hydrogens (tertiary/aromatic N) is 3. The average molecular weight is 276 g/mol. The lowest BCUT2D eigenvalue weighted by atomic mass is 10.1. The molecule has 1 fully saturated rings. The van der Waals surface area contributed by atoms with Gasteiger partial charge in [0.1, 0.15) is 5.82 Å². The first-order valence-electron chi connectivity index (χ1n) is 6.46. The third-order valence-electron chi connectivity index (χ3n) is 3.11. The molecule has 0 aliphatic carbocycles. The molecule has 108 valence electrons. The van der Waals surface area contributed by atoms with Gasteiger partial charge in [-0.2, -0.15) is 0 Å². The summed E-state index contributed by atoms with van der Waals surface area (Å²) in [5.74, 6) is 0.350. The SMILES string of the molecule is C#C.CC[C@H]1CN(c2cnc(C(=O)OC)cn2)CCN1. The average Bonchev–Trinajstić information content (AvgIpc) is 2.56. The van der Waals surface area contributed by atoms with E-state index in [1.165, 1.54) is 13.3 Å². The summed E-state index contributed by atoms with van der Waals surface area (Å²) in [5.41, 5.74) is 0.239. The predicted molar refractivity (Wildman–Crippen MR) is 77.6 cm³/mol. The summed E-state index contributed by atoms with van der Waals surface area (Å²) in [7, 11) is 1.33. The normalized spacial score (nSPS) is 17.8. The Bertz CT molecular complexity index is 444. The zero-order valence-electron chi connectivity index (χ0n) is 11.9. The monoisotopic (exact) mass is 276 g/mol. The molecule has 2 heterocycles. The van der Waals surface area contributed by atoms with E-state index in [0.29, 0.717) is 6.04 Å². The molecule has 6 heteroatoms. The zero-order chi connectivity index (χ0) is 15.0. The van der Waals surface area contributed by atoms with Crippen LogP contribution in [0, 0.1) is 12.8 Å². The molecule has 6 nitrogen and oxygen atoms in total. The minimum atomic E-state index is -0.458. The number of nitrogens with one attached hydrogen (secondary N) is 1. The van der Waals surface area contributed by atoms with Gasteiger partial charge in [0, 0.05) is 25.7 Å². The Kier molecular flexibility index (Phi) is 6.47. The first-order chi connectivity index (χ1) is 9.74. The van der Waals surface area contributed by atoms with Crippen LogP contribution in [0.15, 0.2) is 12.4 Å². The van der Waals surface area contributed by atoms with E-state index in [2.05, 4.69) is 44.7 Å². The predicted octanol–water partition coefficient (Wildman–Crippen LogP) is 0.701. The number of esters is 1. The standard InChI is InChI=1S/C12H18N4O2.C2H2/c1-3-9-8-16(5-4-13-9)11-7-14-10(6-15-11)12(17)18-2;1-2/h6-7,9,13H,3-5,8H2,1-2H3;1-2H/t9-;/m0./s1. The van der Waals surface area contributed by atoms with Gasteiger partial charge >= 0.3 is 5.97 Å². The molecule has 1 aliphatic heterocycles. The minimum Gasteiger partial charge on any atom is -0.464 e. The van der Waals surface area contributed by atoms with Gasteiger partial charge in [-0.25, -0.2) is 14.8 Å². The fourth-order valence-electron chi connectivity index (χ4n) is 2.00. The molecule has 1 atom stereocenters. The van der Waals surface area contributed by atoms with E-state index in [9.17, 15) is 4.79 Å². The van der Waals surface area contributed by atoms with Crippen molar-refractivity contribution < 1.29 is 9.53 Å². The smallest absolute Gasteiger partial charge is 0.358 e. The second-order valence-electron chi connectivity index (χ2n) is 4.26. The quantitative estimate of drug-likeness (QED) is 0.647. The van der Waals surface area contributed by atoms with Crippen molar-refractivity contribution in [1.29, 1.82) is 0 Å². The summed E-state index contributed by atoms with van der Waals surface area (Å²) in [4.78, 5) is 21.8. The molecule has 0 spiro atoms. The van der Waals surface area contributed by atoms with Gasteiger partial charge in [0.2, 0.25) is 0 Å². The number of rotatable bonds is 3. The van der Waals surface area contributed by atoms with Gasteiger partial charge in [0.05, 0.1) is 19.5 Å². The molecule has 0 bridgehead atoms.